The highest BCUT2D eigenvalue weighted by atomic mass is 32.2. The van der Waals surface area contributed by atoms with Crippen molar-refractivity contribution < 1.29 is 17.5 Å². The van der Waals surface area contributed by atoms with Crippen molar-refractivity contribution in [1.29, 1.82) is 0 Å². The van der Waals surface area contributed by atoms with Crippen molar-refractivity contribution in [3.63, 3.8) is 0 Å². The van der Waals surface area contributed by atoms with E-state index in [9.17, 15) is 12.8 Å². The number of aromatic nitrogens is 2. The maximum absolute atomic E-state index is 14.2. The number of hydrogen-bond acceptors (Lipinski definition) is 4. The van der Waals surface area contributed by atoms with E-state index in [2.05, 4.69) is 5.10 Å². The number of ether oxygens (including phenoxy) is 1. The Morgan fingerprint density at radius 2 is 1.93 bits per heavy atom. The van der Waals surface area contributed by atoms with Crippen LogP contribution in [-0.4, -0.2) is 41.2 Å². The van der Waals surface area contributed by atoms with Crippen molar-refractivity contribution in [2.24, 2.45) is 0 Å². The molecule has 2 aliphatic rings. The number of halogens is 1. The van der Waals surface area contributed by atoms with Crippen LogP contribution in [0.15, 0.2) is 35.5 Å². The zero-order valence-electron chi connectivity index (χ0n) is 15.5. The molecule has 2 bridgehead atoms. The minimum atomic E-state index is -3.74. The quantitative estimate of drug-likeness (QED) is 0.782. The second-order valence-corrected chi connectivity index (χ2v) is 9.21. The molecule has 0 radical (unpaired) electrons. The number of nitrogens with zero attached hydrogens (tertiary/aromatic N) is 3. The number of aryl methyl sites for hydroxylation is 1. The highest BCUT2D eigenvalue weighted by Gasteiger charge is 2.47. The normalized spacial score (nSPS) is 25.7. The molecule has 2 saturated heterocycles. The standard InChI is InChI=1S/C19H24FN3O3S/c1-3-26-19-7-6-17(10-18(19)20)27(24,25)23-14-4-5-15(23)9-16(8-14)22-12-13(2)11-21-22/h6-7,10-12,14-16H,3-5,8-9H2,1-2H3. The van der Waals surface area contributed by atoms with E-state index < -0.39 is 15.8 Å². The number of benzene rings is 1. The lowest BCUT2D eigenvalue weighted by Crippen LogP contribution is -2.46. The molecule has 1 aromatic heterocycles. The topological polar surface area (TPSA) is 64.4 Å². The molecule has 3 heterocycles. The van der Waals surface area contributed by atoms with Gasteiger partial charge in [0.05, 0.1) is 23.7 Å². The Balaban J connectivity index is 1.59. The summed E-state index contributed by atoms with van der Waals surface area (Å²) in [7, 11) is -3.74. The van der Waals surface area contributed by atoms with Crippen molar-refractivity contribution in [2.45, 2.75) is 62.6 Å². The summed E-state index contributed by atoms with van der Waals surface area (Å²) in [5, 5.41) is 4.41. The predicted molar refractivity (Wildman–Crippen MR) is 98.6 cm³/mol. The van der Waals surface area contributed by atoms with Gasteiger partial charge in [-0.25, -0.2) is 12.8 Å². The lowest BCUT2D eigenvalue weighted by molar-refractivity contribution is 0.184. The zero-order valence-corrected chi connectivity index (χ0v) is 16.3. The molecule has 0 amide bonds. The highest BCUT2D eigenvalue weighted by Crippen LogP contribution is 2.43. The molecule has 0 saturated carbocycles. The second-order valence-electron chi connectivity index (χ2n) is 7.37. The first-order chi connectivity index (χ1) is 12.9. The van der Waals surface area contributed by atoms with Gasteiger partial charge in [0.1, 0.15) is 0 Å². The fraction of sp³-hybridized carbons (Fsp3) is 0.526. The monoisotopic (exact) mass is 393 g/mol. The maximum Gasteiger partial charge on any atom is 0.243 e. The molecule has 6 nitrogen and oxygen atoms in total. The lowest BCUT2D eigenvalue weighted by Gasteiger charge is -2.38. The largest absolute Gasteiger partial charge is 0.491 e. The summed E-state index contributed by atoms with van der Waals surface area (Å²) in [5.41, 5.74) is 1.10. The maximum atomic E-state index is 14.2. The van der Waals surface area contributed by atoms with Gasteiger partial charge in [-0.3, -0.25) is 4.68 Å². The van der Waals surface area contributed by atoms with Crippen molar-refractivity contribution in [3.05, 3.63) is 42.0 Å². The van der Waals surface area contributed by atoms with Gasteiger partial charge < -0.3 is 4.74 Å². The van der Waals surface area contributed by atoms with Gasteiger partial charge in [0.15, 0.2) is 11.6 Å². The Hall–Kier alpha value is -1.93. The fourth-order valence-corrected chi connectivity index (χ4v) is 6.29. The smallest absolute Gasteiger partial charge is 0.243 e. The van der Waals surface area contributed by atoms with Gasteiger partial charge >= 0.3 is 0 Å². The zero-order chi connectivity index (χ0) is 19.2. The van der Waals surface area contributed by atoms with Gasteiger partial charge in [-0.1, -0.05) is 0 Å². The van der Waals surface area contributed by atoms with Crippen LogP contribution in [0, 0.1) is 12.7 Å². The van der Waals surface area contributed by atoms with Crippen molar-refractivity contribution in [3.8, 4) is 5.75 Å². The summed E-state index contributed by atoms with van der Waals surface area (Å²) in [5.74, 6) is -0.570. The van der Waals surface area contributed by atoms with E-state index in [0.29, 0.717) is 6.61 Å². The molecule has 2 aromatic rings. The molecule has 0 aliphatic carbocycles. The van der Waals surface area contributed by atoms with E-state index in [1.165, 1.54) is 12.1 Å². The highest BCUT2D eigenvalue weighted by molar-refractivity contribution is 7.89. The van der Waals surface area contributed by atoms with E-state index in [-0.39, 0.29) is 28.8 Å². The first kappa shape index (κ1) is 18.4. The van der Waals surface area contributed by atoms with E-state index in [4.69, 9.17) is 4.74 Å². The molecule has 8 heteroatoms. The SMILES string of the molecule is CCOc1ccc(S(=O)(=O)N2C3CCC2CC(n2cc(C)cn2)C3)cc1F. The van der Waals surface area contributed by atoms with Crippen LogP contribution in [-0.2, 0) is 10.0 Å². The third-order valence-electron chi connectivity index (χ3n) is 5.52. The third kappa shape index (κ3) is 3.25. The van der Waals surface area contributed by atoms with Crippen LogP contribution in [0.5, 0.6) is 5.75 Å². The van der Waals surface area contributed by atoms with Gasteiger partial charge in [0, 0.05) is 18.3 Å². The lowest BCUT2D eigenvalue weighted by atomic mass is 10.00. The van der Waals surface area contributed by atoms with Gasteiger partial charge in [-0.2, -0.15) is 9.40 Å². The second kappa shape index (κ2) is 6.91. The number of hydrogen-bond donors (Lipinski definition) is 0. The van der Waals surface area contributed by atoms with Crippen LogP contribution >= 0.6 is 0 Å². The van der Waals surface area contributed by atoms with Crippen molar-refractivity contribution in [1.82, 2.24) is 14.1 Å². The van der Waals surface area contributed by atoms with E-state index in [1.54, 1.807) is 11.2 Å². The van der Waals surface area contributed by atoms with Gasteiger partial charge in [0.25, 0.3) is 0 Å². The van der Waals surface area contributed by atoms with Crippen LogP contribution in [0.3, 0.4) is 0 Å². The Morgan fingerprint density at radius 3 is 2.48 bits per heavy atom. The first-order valence-electron chi connectivity index (χ1n) is 9.36. The molecular formula is C19H24FN3O3S. The fourth-order valence-electron chi connectivity index (χ4n) is 4.38. The molecule has 2 unspecified atom stereocenters. The molecule has 0 spiro atoms. The Labute approximate surface area is 159 Å². The third-order valence-corrected chi connectivity index (χ3v) is 7.53. The molecule has 1 aromatic carbocycles. The average Bonchev–Trinajstić information content (AvgIpc) is 3.18. The summed E-state index contributed by atoms with van der Waals surface area (Å²) in [6.07, 6.45) is 6.97. The summed E-state index contributed by atoms with van der Waals surface area (Å²) in [6, 6.07) is 3.97. The number of piperidine rings is 1. The van der Waals surface area contributed by atoms with Crippen molar-refractivity contribution in [2.75, 3.05) is 6.61 Å². The Kier molecular flexibility index (Phi) is 4.71. The Bertz CT molecular complexity index is 929. The van der Waals surface area contributed by atoms with Gasteiger partial charge in [-0.15, -0.1) is 0 Å². The Morgan fingerprint density at radius 1 is 1.22 bits per heavy atom. The van der Waals surface area contributed by atoms with Crippen molar-refractivity contribution >= 4 is 10.0 Å². The first-order valence-corrected chi connectivity index (χ1v) is 10.8. The van der Waals surface area contributed by atoms with E-state index >= 15 is 0 Å². The summed E-state index contributed by atoms with van der Waals surface area (Å²) >= 11 is 0. The van der Waals surface area contributed by atoms with Gasteiger partial charge in [-0.05, 0) is 63.3 Å². The minimum Gasteiger partial charge on any atom is -0.491 e. The number of sulfonamides is 1. The van der Waals surface area contributed by atoms with Crippen LogP contribution < -0.4 is 4.74 Å². The summed E-state index contributed by atoms with van der Waals surface area (Å²) in [6.45, 7) is 4.08. The minimum absolute atomic E-state index is 0.00580. The molecule has 146 valence electrons. The molecule has 2 fully saturated rings. The summed E-state index contributed by atoms with van der Waals surface area (Å²) < 4.78 is 49.4. The van der Waals surface area contributed by atoms with Gasteiger partial charge in [0.2, 0.25) is 10.0 Å². The van der Waals surface area contributed by atoms with Crippen LogP contribution in [0.2, 0.25) is 0 Å². The average molecular weight is 393 g/mol. The van der Waals surface area contributed by atoms with Crippen LogP contribution in [0.1, 0.15) is 44.2 Å². The molecule has 27 heavy (non-hydrogen) atoms. The van der Waals surface area contributed by atoms with Crippen LogP contribution in [0.25, 0.3) is 0 Å². The number of fused-ring (bicyclic) bond motifs is 2. The molecular weight excluding hydrogens is 369 g/mol. The van der Waals surface area contributed by atoms with E-state index in [1.807, 2.05) is 24.0 Å². The molecule has 2 atom stereocenters. The number of rotatable bonds is 5. The molecule has 0 N–H and O–H groups in total. The molecule has 4 rings (SSSR count). The van der Waals surface area contributed by atoms with E-state index in [0.717, 1.165) is 37.3 Å². The summed E-state index contributed by atoms with van der Waals surface area (Å²) in [4.78, 5) is -0.00580. The van der Waals surface area contributed by atoms with Crippen LogP contribution in [0.4, 0.5) is 4.39 Å². The molecule has 2 aliphatic heterocycles. The predicted octanol–water partition coefficient (Wildman–Crippen LogP) is 3.29.